The van der Waals surface area contributed by atoms with Crippen LogP contribution in [0.2, 0.25) is 0 Å². The molecule has 108 valence electrons. The first-order valence-electron chi connectivity index (χ1n) is 6.33. The molecule has 1 aliphatic rings. The molecule has 1 fully saturated rings. The molecule has 0 bridgehead atoms. The Hall–Kier alpha value is -0.370. The van der Waals surface area contributed by atoms with Gasteiger partial charge in [0.05, 0.1) is 6.61 Å². The van der Waals surface area contributed by atoms with Crippen LogP contribution in [0.25, 0.3) is 0 Å². The summed E-state index contributed by atoms with van der Waals surface area (Å²) in [6, 6.07) is 0.388. The Balaban J connectivity index is 2.19. The number of hydrogen-bond acceptors (Lipinski definition) is 4. The molecule has 0 aromatic heterocycles. The zero-order valence-corrected chi connectivity index (χ0v) is 10.7. The van der Waals surface area contributed by atoms with Crippen molar-refractivity contribution in [2.75, 3.05) is 45.9 Å². The van der Waals surface area contributed by atoms with E-state index in [0.717, 1.165) is 32.6 Å². The van der Waals surface area contributed by atoms with Crippen molar-refractivity contribution in [1.29, 1.82) is 0 Å². The van der Waals surface area contributed by atoms with Crippen molar-refractivity contribution >= 4 is 0 Å². The first-order valence-corrected chi connectivity index (χ1v) is 6.33. The molecule has 0 aromatic rings. The molecular weight excluding hydrogens is 247 g/mol. The summed E-state index contributed by atoms with van der Waals surface area (Å²) in [5.74, 6) is 0. The Morgan fingerprint density at radius 1 is 1.22 bits per heavy atom. The lowest BCUT2D eigenvalue weighted by molar-refractivity contribution is -0.325. The molecule has 1 heterocycles. The van der Waals surface area contributed by atoms with Gasteiger partial charge in [0.25, 0.3) is 0 Å². The largest absolute Gasteiger partial charge is 0.522 e. The van der Waals surface area contributed by atoms with Crippen LogP contribution in [0.3, 0.4) is 0 Å². The third kappa shape index (κ3) is 5.51. The summed E-state index contributed by atoms with van der Waals surface area (Å²) in [7, 11) is 0. The van der Waals surface area contributed by atoms with Gasteiger partial charge in [0.2, 0.25) is 0 Å². The van der Waals surface area contributed by atoms with Gasteiger partial charge in [-0.05, 0) is 6.42 Å². The van der Waals surface area contributed by atoms with Gasteiger partial charge in [-0.25, -0.2) is 0 Å². The molecule has 0 saturated carbocycles. The minimum Gasteiger partial charge on any atom is -0.329 e. The second kappa shape index (κ2) is 7.28. The molecule has 1 rings (SSSR count). The van der Waals surface area contributed by atoms with Gasteiger partial charge in [0.1, 0.15) is 0 Å². The molecule has 1 aliphatic heterocycles. The van der Waals surface area contributed by atoms with Crippen LogP contribution in [0.15, 0.2) is 0 Å². The molecule has 0 aliphatic carbocycles. The highest BCUT2D eigenvalue weighted by atomic mass is 19.4. The smallest absolute Gasteiger partial charge is 0.329 e. The van der Waals surface area contributed by atoms with E-state index in [1.165, 1.54) is 0 Å². The lowest BCUT2D eigenvalue weighted by atomic mass is 10.1. The normalized spacial score (nSPS) is 21.2. The maximum atomic E-state index is 11.8. The Kier molecular flexibility index (Phi) is 6.34. The quantitative estimate of drug-likeness (QED) is 0.777. The Labute approximate surface area is 106 Å². The fourth-order valence-corrected chi connectivity index (χ4v) is 2.22. The Morgan fingerprint density at radius 3 is 2.28 bits per heavy atom. The van der Waals surface area contributed by atoms with E-state index in [1.807, 2.05) is 4.90 Å². The van der Waals surface area contributed by atoms with Gasteiger partial charge in [0, 0.05) is 45.3 Å². The van der Waals surface area contributed by atoms with Crippen molar-refractivity contribution in [3.8, 4) is 0 Å². The summed E-state index contributed by atoms with van der Waals surface area (Å²) in [6.07, 6.45) is -3.51. The van der Waals surface area contributed by atoms with Gasteiger partial charge in [0.15, 0.2) is 0 Å². The third-order valence-electron chi connectivity index (χ3n) is 3.34. The van der Waals surface area contributed by atoms with Gasteiger partial charge in [-0.15, -0.1) is 13.2 Å². The van der Waals surface area contributed by atoms with E-state index in [0.29, 0.717) is 19.1 Å². The van der Waals surface area contributed by atoms with Gasteiger partial charge >= 0.3 is 6.36 Å². The highest BCUT2D eigenvalue weighted by Gasteiger charge is 2.29. The standard InChI is InChI=1S/C11H22F3N3O/c1-2-10(9-15)17-5-3-16(4-6-17)7-8-18-11(12,13)14/h10H,2-9,15H2,1H3. The van der Waals surface area contributed by atoms with Crippen molar-refractivity contribution < 1.29 is 17.9 Å². The minimum atomic E-state index is -4.52. The number of rotatable bonds is 6. The zero-order valence-electron chi connectivity index (χ0n) is 10.7. The second-order valence-corrected chi connectivity index (χ2v) is 4.47. The van der Waals surface area contributed by atoms with Crippen LogP contribution in [-0.2, 0) is 4.74 Å². The molecule has 1 saturated heterocycles. The van der Waals surface area contributed by atoms with Crippen molar-refractivity contribution in [3.05, 3.63) is 0 Å². The molecule has 18 heavy (non-hydrogen) atoms. The van der Waals surface area contributed by atoms with E-state index in [2.05, 4.69) is 16.6 Å². The summed E-state index contributed by atoms with van der Waals surface area (Å²) in [5, 5.41) is 0. The fraction of sp³-hybridized carbons (Fsp3) is 1.00. The van der Waals surface area contributed by atoms with Crippen LogP contribution >= 0.6 is 0 Å². The molecule has 7 heteroatoms. The average molecular weight is 269 g/mol. The van der Waals surface area contributed by atoms with E-state index < -0.39 is 6.36 Å². The first-order chi connectivity index (χ1) is 8.46. The Bertz CT molecular complexity index is 226. The molecule has 0 radical (unpaired) electrons. The average Bonchev–Trinajstić information content (AvgIpc) is 2.31. The van der Waals surface area contributed by atoms with Gasteiger partial charge in [-0.2, -0.15) is 0 Å². The molecular formula is C11H22F3N3O. The van der Waals surface area contributed by atoms with E-state index in [1.54, 1.807) is 0 Å². The highest BCUT2D eigenvalue weighted by Crippen LogP contribution is 2.16. The lowest BCUT2D eigenvalue weighted by Gasteiger charge is -2.38. The summed E-state index contributed by atoms with van der Waals surface area (Å²) < 4.78 is 39.2. The molecule has 1 unspecified atom stereocenters. The number of hydrogen-bond donors (Lipinski definition) is 1. The number of halogens is 3. The van der Waals surface area contributed by atoms with E-state index in [9.17, 15) is 13.2 Å². The van der Waals surface area contributed by atoms with Gasteiger partial charge < -0.3 is 5.73 Å². The number of piperazine rings is 1. The molecule has 1 atom stereocenters. The van der Waals surface area contributed by atoms with Crippen molar-refractivity contribution in [2.24, 2.45) is 5.73 Å². The van der Waals surface area contributed by atoms with Crippen LogP contribution in [0.5, 0.6) is 0 Å². The molecule has 2 N–H and O–H groups in total. The second-order valence-electron chi connectivity index (χ2n) is 4.47. The van der Waals surface area contributed by atoms with Gasteiger partial charge in [-0.3, -0.25) is 14.5 Å². The summed E-state index contributed by atoms with van der Waals surface area (Å²) in [5.41, 5.74) is 5.68. The predicted molar refractivity (Wildman–Crippen MR) is 63.2 cm³/mol. The van der Waals surface area contributed by atoms with E-state index in [4.69, 9.17) is 5.73 Å². The maximum absolute atomic E-state index is 11.8. The monoisotopic (exact) mass is 269 g/mol. The topological polar surface area (TPSA) is 41.7 Å². The highest BCUT2D eigenvalue weighted by molar-refractivity contribution is 4.78. The van der Waals surface area contributed by atoms with Crippen molar-refractivity contribution in [3.63, 3.8) is 0 Å². The van der Waals surface area contributed by atoms with Crippen LogP contribution in [0.4, 0.5) is 13.2 Å². The lowest BCUT2D eigenvalue weighted by Crippen LogP contribution is -2.52. The maximum Gasteiger partial charge on any atom is 0.522 e. The Morgan fingerprint density at radius 2 is 1.83 bits per heavy atom. The molecule has 4 nitrogen and oxygen atoms in total. The van der Waals surface area contributed by atoms with Crippen LogP contribution in [-0.4, -0.2) is 68.1 Å². The molecule has 0 aromatic carbocycles. The SMILES string of the molecule is CCC(CN)N1CCN(CCOC(F)(F)F)CC1. The summed E-state index contributed by atoms with van der Waals surface area (Å²) in [4.78, 5) is 4.30. The van der Waals surface area contributed by atoms with Crippen LogP contribution in [0, 0.1) is 0 Å². The third-order valence-corrected chi connectivity index (χ3v) is 3.34. The van der Waals surface area contributed by atoms with Crippen LogP contribution < -0.4 is 5.73 Å². The first kappa shape index (κ1) is 15.7. The molecule has 0 spiro atoms. The summed E-state index contributed by atoms with van der Waals surface area (Å²) >= 11 is 0. The van der Waals surface area contributed by atoms with Gasteiger partial charge in [-0.1, -0.05) is 6.92 Å². The summed E-state index contributed by atoms with van der Waals surface area (Å²) in [6.45, 7) is 6.04. The van der Waals surface area contributed by atoms with E-state index in [-0.39, 0.29) is 6.61 Å². The van der Waals surface area contributed by atoms with Crippen molar-refractivity contribution in [1.82, 2.24) is 9.80 Å². The number of ether oxygens (including phenoxy) is 1. The predicted octanol–water partition coefficient (Wildman–Crippen LogP) is 0.878. The fourth-order valence-electron chi connectivity index (χ4n) is 2.22. The number of alkyl halides is 3. The number of nitrogens with two attached hydrogens (primary N) is 1. The zero-order chi connectivity index (χ0) is 13.6. The number of nitrogens with zero attached hydrogens (tertiary/aromatic N) is 2. The molecule has 0 amide bonds. The minimum absolute atomic E-state index is 0.294. The van der Waals surface area contributed by atoms with E-state index >= 15 is 0 Å². The van der Waals surface area contributed by atoms with Crippen LogP contribution in [0.1, 0.15) is 13.3 Å². The van der Waals surface area contributed by atoms with Crippen molar-refractivity contribution in [2.45, 2.75) is 25.7 Å².